The molecule has 1 aliphatic carbocycles. The van der Waals surface area contributed by atoms with E-state index in [2.05, 4.69) is 39.8 Å². The first-order chi connectivity index (χ1) is 14.0. The molecule has 1 fully saturated rings. The number of aryl methyl sites for hydroxylation is 2. The molecule has 0 spiro atoms. The van der Waals surface area contributed by atoms with Gasteiger partial charge in [0, 0.05) is 38.7 Å². The molecule has 0 amide bonds. The summed E-state index contributed by atoms with van der Waals surface area (Å²) < 4.78 is 7.16. The first-order valence-corrected chi connectivity index (χ1v) is 10.5. The Kier molecular flexibility index (Phi) is 9.54. The van der Waals surface area contributed by atoms with Gasteiger partial charge in [0.15, 0.2) is 11.8 Å². The van der Waals surface area contributed by atoms with Crippen molar-refractivity contribution in [3.05, 3.63) is 41.3 Å². The fraction of sp³-hybridized carbons (Fsp3) is 0.591. The highest BCUT2D eigenvalue weighted by atomic mass is 127. The van der Waals surface area contributed by atoms with Crippen molar-refractivity contribution in [2.45, 2.75) is 53.0 Å². The predicted octanol–water partition coefficient (Wildman–Crippen LogP) is 3.76. The zero-order valence-corrected chi connectivity index (χ0v) is 20.9. The van der Waals surface area contributed by atoms with Gasteiger partial charge in [-0.1, -0.05) is 12.5 Å². The summed E-state index contributed by atoms with van der Waals surface area (Å²) in [6.45, 7) is 9.31. The van der Waals surface area contributed by atoms with Gasteiger partial charge in [-0.25, -0.2) is 14.7 Å². The van der Waals surface area contributed by atoms with E-state index in [9.17, 15) is 0 Å². The average molecular weight is 526 g/mol. The number of pyridine rings is 1. The van der Waals surface area contributed by atoms with Crippen molar-refractivity contribution in [3.63, 3.8) is 0 Å². The summed E-state index contributed by atoms with van der Waals surface area (Å²) in [5, 5.41) is 11.4. The fourth-order valence-corrected chi connectivity index (χ4v) is 3.79. The lowest BCUT2D eigenvalue weighted by Crippen LogP contribution is -2.46. The van der Waals surface area contributed by atoms with E-state index in [-0.39, 0.29) is 24.0 Å². The zero-order valence-electron chi connectivity index (χ0n) is 18.6. The topological polar surface area (TPSA) is 76.4 Å². The highest BCUT2D eigenvalue weighted by Gasteiger charge is 2.36. The number of nitrogens with one attached hydrogen (secondary N) is 2. The quantitative estimate of drug-likeness (QED) is 0.296. The Hall–Kier alpha value is -1.68. The highest BCUT2D eigenvalue weighted by Crippen LogP contribution is 2.43. The summed E-state index contributed by atoms with van der Waals surface area (Å²) in [5.74, 6) is 1.69. The molecule has 8 heteroatoms. The molecule has 1 aliphatic rings. The number of ether oxygens (including phenoxy) is 1. The van der Waals surface area contributed by atoms with Crippen LogP contribution in [-0.2, 0) is 11.3 Å². The molecule has 166 valence electrons. The van der Waals surface area contributed by atoms with Crippen LogP contribution in [0.3, 0.4) is 0 Å². The molecule has 7 nitrogen and oxygen atoms in total. The predicted molar refractivity (Wildman–Crippen MR) is 132 cm³/mol. The summed E-state index contributed by atoms with van der Waals surface area (Å²) in [4.78, 5) is 9.32. The minimum atomic E-state index is 0. The Morgan fingerprint density at radius 2 is 2.07 bits per heavy atom. The smallest absolute Gasteiger partial charge is 0.191 e. The SMILES string of the molecule is CCNC(=NCc1ccc(-n2nc(C)cc2C)nc1)NCC1(CCOC)CCC1.I. The molecular weight excluding hydrogens is 491 g/mol. The summed E-state index contributed by atoms with van der Waals surface area (Å²) in [7, 11) is 1.78. The molecule has 1 saturated carbocycles. The van der Waals surface area contributed by atoms with Gasteiger partial charge in [-0.15, -0.1) is 24.0 Å². The van der Waals surface area contributed by atoms with Crippen LogP contribution >= 0.6 is 24.0 Å². The summed E-state index contributed by atoms with van der Waals surface area (Å²) in [5.41, 5.74) is 3.51. The first kappa shape index (κ1) is 24.6. The molecule has 2 aromatic rings. The van der Waals surface area contributed by atoms with Crippen LogP contribution in [0.1, 0.15) is 49.6 Å². The summed E-state index contributed by atoms with van der Waals surface area (Å²) >= 11 is 0. The van der Waals surface area contributed by atoms with Crippen molar-refractivity contribution in [1.82, 2.24) is 25.4 Å². The Labute approximate surface area is 197 Å². The number of halogens is 1. The second-order valence-corrected chi connectivity index (χ2v) is 8.01. The van der Waals surface area contributed by atoms with Gasteiger partial charge in [0.1, 0.15) is 0 Å². The lowest BCUT2D eigenvalue weighted by atomic mass is 9.67. The molecular formula is C22H35IN6O. The summed E-state index contributed by atoms with van der Waals surface area (Å²) in [6.07, 6.45) is 6.83. The van der Waals surface area contributed by atoms with Crippen LogP contribution in [0.5, 0.6) is 0 Å². The number of aliphatic imine (C=N–C) groups is 1. The van der Waals surface area contributed by atoms with Crippen LogP contribution in [0.2, 0.25) is 0 Å². The first-order valence-electron chi connectivity index (χ1n) is 10.5. The van der Waals surface area contributed by atoms with Crippen molar-refractivity contribution in [3.8, 4) is 5.82 Å². The highest BCUT2D eigenvalue weighted by molar-refractivity contribution is 14.0. The normalized spacial score (nSPS) is 15.3. The van der Waals surface area contributed by atoms with Crippen LogP contribution in [-0.4, -0.2) is 47.5 Å². The van der Waals surface area contributed by atoms with Crippen LogP contribution in [0.4, 0.5) is 0 Å². The Bertz CT molecular complexity index is 814. The molecule has 3 rings (SSSR count). The number of rotatable bonds is 9. The third kappa shape index (κ3) is 6.41. The summed E-state index contributed by atoms with van der Waals surface area (Å²) in [6, 6.07) is 6.12. The van der Waals surface area contributed by atoms with Gasteiger partial charge < -0.3 is 15.4 Å². The molecule has 0 bridgehead atoms. The van der Waals surface area contributed by atoms with E-state index < -0.39 is 0 Å². The molecule has 0 aromatic carbocycles. The van der Waals surface area contributed by atoms with Gasteiger partial charge in [0.25, 0.3) is 0 Å². The van der Waals surface area contributed by atoms with Gasteiger partial charge in [0.05, 0.1) is 12.2 Å². The number of aromatic nitrogens is 3. The van der Waals surface area contributed by atoms with E-state index >= 15 is 0 Å². The van der Waals surface area contributed by atoms with E-state index in [1.165, 1.54) is 19.3 Å². The third-order valence-corrected chi connectivity index (χ3v) is 5.68. The second-order valence-electron chi connectivity index (χ2n) is 8.01. The lowest BCUT2D eigenvalue weighted by Gasteiger charge is -2.42. The minimum absolute atomic E-state index is 0. The number of nitrogens with zero attached hydrogens (tertiary/aromatic N) is 4. The third-order valence-electron chi connectivity index (χ3n) is 5.68. The van der Waals surface area contributed by atoms with Crippen molar-refractivity contribution >= 4 is 29.9 Å². The zero-order chi connectivity index (χ0) is 20.7. The monoisotopic (exact) mass is 526 g/mol. The lowest BCUT2D eigenvalue weighted by molar-refractivity contribution is 0.0732. The van der Waals surface area contributed by atoms with Crippen LogP contribution < -0.4 is 10.6 Å². The molecule has 30 heavy (non-hydrogen) atoms. The van der Waals surface area contributed by atoms with E-state index in [1.807, 2.05) is 30.8 Å². The molecule has 0 atom stereocenters. The van der Waals surface area contributed by atoms with E-state index in [4.69, 9.17) is 9.73 Å². The molecule has 0 saturated heterocycles. The van der Waals surface area contributed by atoms with Gasteiger partial charge in [-0.2, -0.15) is 5.10 Å². The standard InChI is InChI=1S/C22H34N6O.HI/c1-5-23-21(26-16-22(9-6-10-22)11-12-29-4)25-15-19-7-8-20(24-14-19)28-18(3)13-17(2)27-28;/h7-8,13-14H,5-6,9-12,15-16H2,1-4H3,(H2,23,25,26);1H. The van der Waals surface area contributed by atoms with Crippen LogP contribution in [0, 0.1) is 19.3 Å². The van der Waals surface area contributed by atoms with E-state index in [0.29, 0.717) is 12.0 Å². The van der Waals surface area contributed by atoms with E-state index in [0.717, 1.165) is 54.8 Å². The van der Waals surface area contributed by atoms with Crippen LogP contribution in [0.15, 0.2) is 29.4 Å². The molecule has 2 N–H and O–H groups in total. The number of methoxy groups -OCH3 is 1. The molecule has 0 aliphatic heterocycles. The van der Waals surface area contributed by atoms with Gasteiger partial charge >= 0.3 is 0 Å². The number of hydrogen-bond acceptors (Lipinski definition) is 4. The van der Waals surface area contributed by atoms with Gasteiger partial charge in [-0.3, -0.25) is 0 Å². The van der Waals surface area contributed by atoms with Gasteiger partial charge in [0.2, 0.25) is 0 Å². The maximum absolute atomic E-state index is 5.30. The molecule has 2 heterocycles. The van der Waals surface area contributed by atoms with E-state index in [1.54, 1.807) is 7.11 Å². The van der Waals surface area contributed by atoms with Crippen LogP contribution in [0.25, 0.3) is 5.82 Å². The molecule has 0 unspecified atom stereocenters. The second kappa shape index (κ2) is 11.6. The maximum Gasteiger partial charge on any atom is 0.191 e. The van der Waals surface area contributed by atoms with Crippen molar-refractivity contribution < 1.29 is 4.74 Å². The largest absolute Gasteiger partial charge is 0.385 e. The number of hydrogen-bond donors (Lipinski definition) is 2. The Morgan fingerprint density at radius 3 is 2.60 bits per heavy atom. The van der Waals surface area contributed by atoms with Crippen molar-refractivity contribution in [1.29, 1.82) is 0 Å². The molecule has 0 radical (unpaired) electrons. The van der Waals surface area contributed by atoms with Crippen molar-refractivity contribution in [2.75, 3.05) is 26.8 Å². The van der Waals surface area contributed by atoms with Crippen molar-refractivity contribution in [2.24, 2.45) is 10.4 Å². The number of guanidine groups is 1. The fourth-order valence-electron chi connectivity index (χ4n) is 3.79. The minimum Gasteiger partial charge on any atom is -0.385 e. The van der Waals surface area contributed by atoms with Gasteiger partial charge in [-0.05, 0) is 63.1 Å². The average Bonchev–Trinajstić information content (AvgIpc) is 3.03. The molecule has 2 aromatic heterocycles. The maximum atomic E-state index is 5.30. The Morgan fingerprint density at radius 1 is 1.27 bits per heavy atom. The Balaban J connectivity index is 0.00000320.